The van der Waals surface area contributed by atoms with Gasteiger partial charge in [-0.05, 0) is 128 Å². The second kappa shape index (κ2) is 59.3. The number of unbranched alkanes of at least 4 members (excludes halogenated alkanes) is 10. The van der Waals surface area contributed by atoms with E-state index in [1.165, 1.54) is 51.4 Å². The third-order valence-electron chi connectivity index (χ3n) is 11.2. The highest BCUT2D eigenvalue weighted by molar-refractivity contribution is 5.71. The van der Waals surface area contributed by atoms with Gasteiger partial charge in [0.1, 0.15) is 13.2 Å². The van der Waals surface area contributed by atoms with Gasteiger partial charge in [0.2, 0.25) is 0 Å². The predicted molar refractivity (Wildman–Crippen MR) is 315 cm³/mol. The fourth-order valence-electron chi connectivity index (χ4n) is 6.99. The molecular formula is C67H102O6. The summed E-state index contributed by atoms with van der Waals surface area (Å²) in [4.78, 5) is 38.1. The van der Waals surface area contributed by atoms with Crippen LogP contribution in [-0.2, 0) is 28.6 Å². The molecule has 0 aromatic rings. The minimum absolute atomic E-state index is 0.144. The Labute approximate surface area is 447 Å². The average Bonchev–Trinajstić information content (AvgIpc) is 3.39. The van der Waals surface area contributed by atoms with Crippen LogP contribution in [0.1, 0.15) is 213 Å². The van der Waals surface area contributed by atoms with Gasteiger partial charge in [0.15, 0.2) is 6.10 Å². The van der Waals surface area contributed by atoms with Crippen LogP contribution in [0.4, 0.5) is 0 Å². The van der Waals surface area contributed by atoms with Crippen LogP contribution in [0.25, 0.3) is 0 Å². The molecular weight excluding hydrogens is 901 g/mol. The van der Waals surface area contributed by atoms with Crippen LogP contribution in [0.2, 0.25) is 0 Å². The molecule has 0 N–H and O–H groups in total. The molecule has 406 valence electrons. The van der Waals surface area contributed by atoms with E-state index in [1.807, 2.05) is 24.3 Å². The summed E-state index contributed by atoms with van der Waals surface area (Å²) >= 11 is 0. The number of carbonyl (C=O) groups is 3. The molecule has 0 aliphatic heterocycles. The standard InChI is InChI=1S/C67H102O6/c1-4-7-10-13-16-19-22-25-28-31-33-36-39-42-45-48-51-54-57-60-66(69)72-63-64(62-71-65(68)59-56-53-50-47-44-41-38-35-30-27-24-21-18-15-12-9-6-3)73-67(70)61-58-55-52-49-46-43-40-37-34-32-29-26-23-20-17-14-11-8-5-2/h7-8,10-11,16-21,25-30,33-34,36-37,42-43,45-46,51-52,54-55,64H,4-6,9,12-15,22-24,31-32,35,38-41,44,47-50,53,56-63H2,1-3H3/b10-7-,11-8-,19-16-,20-17-,21-18-,28-25-,29-26-,30-27-,36-33-,37-34-,45-42-,46-43-,54-51-,55-52-. The molecule has 0 amide bonds. The van der Waals surface area contributed by atoms with Crippen molar-refractivity contribution >= 4 is 17.9 Å². The number of esters is 3. The fraction of sp³-hybridized carbons (Fsp3) is 0.537. The number of rotatable bonds is 49. The zero-order valence-electron chi connectivity index (χ0n) is 46.3. The molecule has 0 saturated carbocycles. The first-order valence-electron chi connectivity index (χ1n) is 28.6. The van der Waals surface area contributed by atoms with Crippen LogP contribution in [0.3, 0.4) is 0 Å². The van der Waals surface area contributed by atoms with Crippen LogP contribution < -0.4 is 0 Å². The van der Waals surface area contributed by atoms with Crippen molar-refractivity contribution in [3.8, 4) is 0 Å². The zero-order valence-corrected chi connectivity index (χ0v) is 46.3. The number of allylic oxidation sites excluding steroid dienone is 28. The van der Waals surface area contributed by atoms with E-state index in [4.69, 9.17) is 14.2 Å². The van der Waals surface area contributed by atoms with E-state index in [9.17, 15) is 14.4 Å². The van der Waals surface area contributed by atoms with Crippen molar-refractivity contribution in [2.75, 3.05) is 13.2 Å². The van der Waals surface area contributed by atoms with Crippen LogP contribution in [-0.4, -0.2) is 37.2 Å². The van der Waals surface area contributed by atoms with Gasteiger partial charge < -0.3 is 14.2 Å². The highest BCUT2D eigenvalue weighted by atomic mass is 16.6. The first-order valence-corrected chi connectivity index (χ1v) is 28.6. The summed E-state index contributed by atoms with van der Waals surface area (Å²) in [5, 5.41) is 0. The molecule has 0 spiro atoms. The lowest BCUT2D eigenvalue weighted by Gasteiger charge is -2.18. The minimum atomic E-state index is -0.863. The van der Waals surface area contributed by atoms with Crippen molar-refractivity contribution in [1.82, 2.24) is 0 Å². The summed E-state index contributed by atoms with van der Waals surface area (Å²) in [6, 6.07) is 0. The van der Waals surface area contributed by atoms with E-state index in [2.05, 4.69) is 167 Å². The molecule has 0 radical (unpaired) electrons. The van der Waals surface area contributed by atoms with Crippen molar-refractivity contribution in [3.05, 3.63) is 170 Å². The van der Waals surface area contributed by atoms with E-state index in [1.54, 1.807) is 0 Å². The molecule has 6 nitrogen and oxygen atoms in total. The molecule has 0 aliphatic rings. The van der Waals surface area contributed by atoms with E-state index in [0.717, 1.165) is 109 Å². The second-order valence-electron chi connectivity index (χ2n) is 18.1. The lowest BCUT2D eigenvalue weighted by molar-refractivity contribution is -0.166. The van der Waals surface area contributed by atoms with Gasteiger partial charge in [-0.2, -0.15) is 0 Å². The number of ether oxygens (including phenoxy) is 3. The van der Waals surface area contributed by atoms with Gasteiger partial charge in [0.25, 0.3) is 0 Å². The molecule has 0 aromatic heterocycles. The molecule has 0 aliphatic carbocycles. The van der Waals surface area contributed by atoms with Gasteiger partial charge in [-0.1, -0.05) is 236 Å². The Morgan fingerprint density at radius 1 is 0.288 bits per heavy atom. The quantitative estimate of drug-likeness (QED) is 0.0261. The maximum atomic E-state index is 12.8. The minimum Gasteiger partial charge on any atom is -0.462 e. The average molecular weight is 1000 g/mol. The monoisotopic (exact) mass is 1000 g/mol. The topological polar surface area (TPSA) is 78.9 Å². The first kappa shape index (κ1) is 67.8. The SMILES string of the molecule is CC/C=C\C/C=C\C/C=C\C/C=C\C/C=C\C/C=C\CCC(=O)OCC(COC(=O)CCCCCCCCC/C=C\C/C=C\CCCCC)OC(=O)CC/C=C\C/C=C\C/C=C\C/C=C\C/C=C\C/C=C\CC. The predicted octanol–water partition coefficient (Wildman–Crippen LogP) is 19.5. The van der Waals surface area contributed by atoms with Crippen LogP contribution >= 0.6 is 0 Å². The Balaban J connectivity index is 4.67. The Morgan fingerprint density at radius 2 is 0.562 bits per heavy atom. The van der Waals surface area contributed by atoms with E-state index in [0.29, 0.717) is 19.3 Å². The molecule has 0 saturated heterocycles. The smallest absolute Gasteiger partial charge is 0.306 e. The number of hydrogen-bond donors (Lipinski definition) is 0. The van der Waals surface area contributed by atoms with Gasteiger partial charge >= 0.3 is 17.9 Å². The van der Waals surface area contributed by atoms with Crippen molar-refractivity contribution in [2.24, 2.45) is 0 Å². The number of hydrogen-bond acceptors (Lipinski definition) is 6. The maximum Gasteiger partial charge on any atom is 0.306 e. The third-order valence-corrected chi connectivity index (χ3v) is 11.2. The van der Waals surface area contributed by atoms with Crippen LogP contribution in [0.5, 0.6) is 0 Å². The van der Waals surface area contributed by atoms with Crippen molar-refractivity contribution < 1.29 is 28.6 Å². The lowest BCUT2D eigenvalue weighted by Crippen LogP contribution is -2.30. The molecule has 0 fully saturated rings. The lowest BCUT2D eigenvalue weighted by atomic mass is 10.1. The van der Waals surface area contributed by atoms with E-state index < -0.39 is 12.1 Å². The molecule has 0 heterocycles. The summed E-state index contributed by atoms with van der Waals surface area (Å²) in [6.45, 7) is 6.23. The van der Waals surface area contributed by atoms with Gasteiger partial charge in [0.05, 0.1) is 0 Å². The van der Waals surface area contributed by atoms with Crippen molar-refractivity contribution in [2.45, 2.75) is 219 Å². The van der Waals surface area contributed by atoms with Crippen molar-refractivity contribution in [1.29, 1.82) is 0 Å². The second-order valence-corrected chi connectivity index (χ2v) is 18.1. The van der Waals surface area contributed by atoms with Crippen LogP contribution in [0.15, 0.2) is 170 Å². The summed E-state index contributed by atoms with van der Waals surface area (Å²) < 4.78 is 16.7. The molecule has 73 heavy (non-hydrogen) atoms. The number of carbonyl (C=O) groups excluding carboxylic acids is 3. The van der Waals surface area contributed by atoms with Gasteiger partial charge in [0, 0.05) is 19.3 Å². The first-order chi connectivity index (χ1) is 36.0. The Morgan fingerprint density at radius 3 is 0.918 bits per heavy atom. The van der Waals surface area contributed by atoms with Crippen LogP contribution in [0, 0.1) is 0 Å². The highest BCUT2D eigenvalue weighted by Crippen LogP contribution is 2.12. The summed E-state index contributed by atoms with van der Waals surface area (Å²) in [7, 11) is 0. The molecule has 0 bridgehead atoms. The third kappa shape index (κ3) is 57.5. The molecule has 1 unspecified atom stereocenters. The molecule has 6 heteroatoms. The van der Waals surface area contributed by atoms with Gasteiger partial charge in [-0.25, -0.2) is 0 Å². The Kier molecular flexibility index (Phi) is 55.1. The summed E-state index contributed by atoms with van der Waals surface area (Å²) in [5.74, 6) is -1.14. The zero-order chi connectivity index (χ0) is 52.9. The normalized spacial score (nSPS) is 13.4. The van der Waals surface area contributed by atoms with Gasteiger partial charge in [-0.15, -0.1) is 0 Å². The Bertz CT molecular complexity index is 1720. The maximum absolute atomic E-state index is 12.8. The Hall–Kier alpha value is -5.23. The largest absolute Gasteiger partial charge is 0.462 e. The highest BCUT2D eigenvalue weighted by Gasteiger charge is 2.19. The molecule has 0 rings (SSSR count). The fourth-order valence-corrected chi connectivity index (χ4v) is 6.99. The van der Waals surface area contributed by atoms with Gasteiger partial charge in [-0.3, -0.25) is 14.4 Å². The van der Waals surface area contributed by atoms with E-state index in [-0.39, 0.29) is 38.0 Å². The molecule has 0 aromatic carbocycles. The summed E-state index contributed by atoms with van der Waals surface area (Å²) in [5.41, 5.74) is 0. The molecule has 1 atom stereocenters. The summed E-state index contributed by atoms with van der Waals surface area (Å²) in [6.07, 6.45) is 87.9. The van der Waals surface area contributed by atoms with E-state index >= 15 is 0 Å². The van der Waals surface area contributed by atoms with Crippen molar-refractivity contribution in [3.63, 3.8) is 0 Å².